The van der Waals surface area contributed by atoms with E-state index in [1.807, 2.05) is 19.1 Å². The summed E-state index contributed by atoms with van der Waals surface area (Å²) < 4.78 is 18.5. The summed E-state index contributed by atoms with van der Waals surface area (Å²) in [5, 5.41) is 9.35. The fraction of sp³-hybridized carbons (Fsp3) is 0.0714. The number of hydrogen-bond acceptors (Lipinski definition) is 2. The molecule has 0 N–H and O–H groups in total. The van der Waals surface area contributed by atoms with Gasteiger partial charge in [-0.2, -0.15) is 5.26 Å². The lowest BCUT2D eigenvalue weighted by Gasteiger charge is -2.09. The highest BCUT2D eigenvalue weighted by Crippen LogP contribution is 2.31. The minimum atomic E-state index is -0.478. The highest BCUT2D eigenvalue weighted by Gasteiger charge is 2.08. The van der Waals surface area contributed by atoms with E-state index < -0.39 is 5.82 Å². The van der Waals surface area contributed by atoms with Crippen LogP contribution >= 0.6 is 11.6 Å². The lowest BCUT2D eigenvalue weighted by molar-refractivity contribution is 0.479. The topological polar surface area (TPSA) is 33.0 Å². The molecule has 0 heterocycles. The van der Waals surface area contributed by atoms with Crippen molar-refractivity contribution in [3.05, 3.63) is 58.4 Å². The zero-order valence-electron chi connectivity index (χ0n) is 9.58. The third kappa shape index (κ3) is 2.61. The predicted octanol–water partition coefficient (Wildman–Crippen LogP) is 4.45. The molecule has 2 nitrogen and oxygen atoms in total. The van der Waals surface area contributed by atoms with E-state index in [2.05, 4.69) is 0 Å². The van der Waals surface area contributed by atoms with Crippen molar-refractivity contribution >= 4 is 11.6 Å². The number of nitriles is 1. The van der Waals surface area contributed by atoms with Crippen LogP contribution < -0.4 is 4.74 Å². The smallest absolute Gasteiger partial charge is 0.146 e. The molecular weight excluding hydrogens is 253 g/mol. The summed E-state index contributed by atoms with van der Waals surface area (Å²) in [6.45, 7) is 1.91. The number of halogens is 2. The van der Waals surface area contributed by atoms with E-state index in [1.54, 1.807) is 12.1 Å². The van der Waals surface area contributed by atoms with Gasteiger partial charge < -0.3 is 4.74 Å². The standard InChI is InChI=1S/C14H9ClFNO/c1-9-2-4-14(12(15)6-9)18-13-5-3-11(16)7-10(13)8-17/h2-7H,1H3. The maximum atomic E-state index is 13.0. The number of nitrogens with zero attached hydrogens (tertiary/aromatic N) is 1. The Morgan fingerprint density at radius 2 is 1.89 bits per heavy atom. The first-order chi connectivity index (χ1) is 8.60. The van der Waals surface area contributed by atoms with Crippen molar-refractivity contribution in [2.45, 2.75) is 6.92 Å². The Labute approximate surface area is 109 Å². The maximum absolute atomic E-state index is 13.0. The molecule has 0 spiro atoms. The molecule has 0 radical (unpaired) electrons. The molecule has 4 heteroatoms. The summed E-state index contributed by atoms with van der Waals surface area (Å²) in [4.78, 5) is 0. The van der Waals surface area contributed by atoms with Crippen LogP contribution in [0.1, 0.15) is 11.1 Å². The third-order valence-corrected chi connectivity index (χ3v) is 2.66. The Kier molecular flexibility index (Phi) is 3.50. The number of benzene rings is 2. The number of rotatable bonds is 2. The van der Waals surface area contributed by atoms with Gasteiger partial charge >= 0.3 is 0 Å². The molecule has 0 aliphatic heterocycles. The molecule has 0 aromatic heterocycles. The van der Waals surface area contributed by atoms with Gasteiger partial charge in [-0.25, -0.2) is 4.39 Å². The number of ether oxygens (including phenoxy) is 1. The van der Waals surface area contributed by atoms with Crippen LogP contribution in [0.3, 0.4) is 0 Å². The van der Waals surface area contributed by atoms with Crippen molar-refractivity contribution in [1.82, 2.24) is 0 Å². The number of hydrogen-bond donors (Lipinski definition) is 0. The summed E-state index contributed by atoms with van der Waals surface area (Å²) in [7, 11) is 0. The Hall–Kier alpha value is -2.05. The van der Waals surface area contributed by atoms with E-state index in [0.29, 0.717) is 10.8 Å². The minimum Gasteiger partial charge on any atom is -0.454 e. The normalized spacial score (nSPS) is 9.89. The van der Waals surface area contributed by atoms with Gasteiger partial charge in [0, 0.05) is 0 Å². The van der Waals surface area contributed by atoms with Crippen LogP contribution in [0.4, 0.5) is 4.39 Å². The monoisotopic (exact) mass is 261 g/mol. The largest absolute Gasteiger partial charge is 0.454 e. The second-order valence-corrected chi connectivity index (χ2v) is 4.20. The molecule has 90 valence electrons. The van der Waals surface area contributed by atoms with Crippen LogP contribution in [0.2, 0.25) is 5.02 Å². The molecule has 0 aliphatic rings. The summed E-state index contributed by atoms with van der Waals surface area (Å²) >= 11 is 6.02. The van der Waals surface area contributed by atoms with Gasteiger partial charge in [-0.15, -0.1) is 0 Å². The molecule has 0 bridgehead atoms. The van der Waals surface area contributed by atoms with Gasteiger partial charge in [0.1, 0.15) is 23.4 Å². The van der Waals surface area contributed by atoms with Gasteiger partial charge in [0.2, 0.25) is 0 Å². The SMILES string of the molecule is Cc1ccc(Oc2ccc(F)cc2C#N)c(Cl)c1. The molecule has 0 fully saturated rings. The highest BCUT2D eigenvalue weighted by molar-refractivity contribution is 6.32. The van der Waals surface area contributed by atoms with Gasteiger partial charge in [0.25, 0.3) is 0 Å². The average Bonchev–Trinajstić information content (AvgIpc) is 2.34. The van der Waals surface area contributed by atoms with Crippen LogP contribution in [0.25, 0.3) is 0 Å². The van der Waals surface area contributed by atoms with E-state index in [4.69, 9.17) is 21.6 Å². The molecule has 0 saturated heterocycles. The molecule has 18 heavy (non-hydrogen) atoms. The lowest BCUT2D eigenvalue weighted by Crippen LogP contribution is -1.90. The summed E-state index contributed by atoms with van der Waals surface area (Å²) in [6.07, 6.45) is 0. The van der Waals surface area contributed by atoms with Crippen molar-refractivity contribution in [2.75, 3.05) is 0 Å². The Morgan fingerprint density at radius 1 is 1.17 bits per heavy atom. The lowest BCUT2D eigenvalue weighted by atomic mass is 10.2. The fourth-order valence-electron chi connectivity index (χ4n) is 1.49. The van der Waals surface area contributed by atoms with Crippen LogP contribution in [-0.4, -0.2) is 0 Å². The Balaban J connectivity index is 2.37. The van der Waals surface area contributed by atoms with Crippen molar-refractivity contribution in [1.29, 1.82) is 5.26 Å². The number of aryl methyl sites for hydroxylation is 1. The van der Waals surface area contributed by atoms with Crippen molar-refractivity contribution in [3.8, 4) is 17.6 Å². The highest BCUT2D eigenvalue weighted by atomic mass is 35.5. The second-order valence-electron chi connectivity index (χ2n) is 3.79. The van der Waals surface area contributed by atoms with Crippen LogP contribution in [-0.2, 0) is 0 Å². The average molecular weight is 262 g/mol. The molecule has 2 aromatic carbocycles. The van der Waals surface area contributed by atoms with E-state index in [-0.39, 0.29) is 11.3 Å². The summed E-state index contributed by atoms with van der Waals surface area (Å²) in [5.41, 5.74) is 1.14. The molecule has 0 atom stereocenters. The summed E-state index contributed by atoms with van der Waals surface area (Å²) in [5.74, 6) is 0.240. The van der Waals surface area contributed by atoms with Crippen molar-refractivity contribution < 1.29 is 9.13 Å². The van der Waals surface area contributed by atoms with Crippen molar-refractivity contribution in [2.24, 2.45) is 0 Å². The van der Waals surface area contributed by atoms with Gasteiger partial charge in [0.05, 0.1) is 10.6 Å². The molecule has 0 unspecified atom stereocenters. The fourth-order valence-corrected chi connectivity index (χ4v) is 1.76. The molecule has 0 aliphatic carbocycles. The van der Waals surface area contributed by atoms with Gasteiger partial charge in [-0.3, -0.25) is 0 Å². The first kappa shape index (κ1) is 12.4. The molecular formula is C14H9ClFNO. The molecule has 2 rings (SSSR count). The van der Waals surface area contributed by atoms with Crippen LogP contribution in [0.15, 0.2) is 36.4 Å². The van der Waals surface area contributed by atoms with E-state index in [1.165, 1.54) is 12.1 Å². The van der Waals surface area contributed by atoms with E-state index in [9.17, 15) is 4.39 Å². The van der Waals surface area contributed by atoms with Gasteiger partial charge in [-0.05, 0) is 42.8 Å². The second kappa shape index (κ2) is 5.07. The molecule has 0 saturated carbocycles. The van der Waals surface area contributed by atoms with E-state index in [0.717, 1.165) is 11.6 Å². The Morgan fingerprint density at radius 3 is 2.56 bits per heavy atom. The van der Waals surface area contributed by atoms with Gasteiger partial charge in [-0.1, -0.05) is 17.7 Å². The third-order valence-electron chi connectivity index (χ3n) is 2.37. The van der Waals surface area contributed by atoms with Crippen LogP contribution in [0, 0.1) is 24.1 Å². The van der Waals surface area contributed by atoms with Crippen molar-refractivity contribution in [3.63, 3.8) is 0 Å². The minimum absolute atomic E-state index is 0.131. The molecule has 0 amide bonds. The first-order valence-electron chi connectivity index (χ1n) is 5.24. The first-order valence-corrected chi connectivity index (χ1v) is 5.61. The zero-order valence-corrected chi connectivity index (χ0v) is 10.3. The maximum Gasteiger partial charge on any atom is 0.146 e. The zero-order chi connectivity index (χ0) is 13.1. The Bertz CT molecular complexity index is 634. The van der Waals surface area contributed by atoms with Crippen LogP contribution in [0.5, 0.6) is 11.5 Å². The van der Waals surface area contributed by atoms with E-state index >= 15 is 0 Å². The quantitative estimate of drug-likeness (QED) is 0.800. The summed E-state index contributed by atoms with van der Waals surface area (Å²) in [6, 6.07) is 11.0. The van der Waals surface area contributed by atoms with Gasteiger partial charge in [0.15, 0.2) is 0 Å². The predicted molar refractivity (Wildman–Crippen MR) is 67.4 cm³/mol. The molecule has 2 aromatic rings.